The summed E-state index contributed by atoms with van der Waals surface area (Å²) >= 11 is 0. The van der Waals surface area contributed by atoms with Gasteiger partial charge in [-0.3, -0.25) is 0 Å². The van der Waals surface area contributed by atoms with Gasteiger partial charge in [0.25, 0.3) is 0 Å². The van der Waals surface area contributed by atoms with E-state index in [1.807, 2.05) is 54.6 Å². The minimum atomic E-state index is 0.580. The van der Waals surface area contributed by atoms with Crippen molar-refractivity contribution in [3.63, 3.8) is 0 Å². The summed E-state index contributed by atoms with van der Waals surface area (Å²) < 4.78 is 0. The molecule has 0 saturated carbocycles. The number of anilines is 3. The highest BCUT2D eigenvalue weighted by Crippen LogP contribution is 2.25. The summed E-state index contributed by atoms with van der Waals surface area (Å²) in [6, 6.07) is 21.4. The number of rotatable bonds is 6. The van der Waals surface area contributed by atoms with E-state index in [4.69, 9.17) is 4.98 Å². The van der Waals surface area contributed by atoms with E-state index >= 15 is 0 Å². The van der Waals surface area contributed by atoms with Crippen molar-refractivity contribution in [1.29, 1.82) is 5.26 Å². The predicted molar refractivity (Wildman–Crippen MR) is 105 cm³/mol. The van der Waals surface area contributed by atoms with Gasteiger partial charge >= 0.3 is 0 Å². The summed E-state index contributed by atoms with van der Waals surface area (Å²) in [7, 11) is 0. The van der Waals surface area contributed by atoms with E-state index in [9.17, 15) is 5.26 Å². The minimum absolute atomic E-state index is 0.580. The van der Waals surface area contributed by atoms with Gasteiger partial charge in [-0.1, -0.05) is 42.5 Å². The van der Waals surface area contributed by atoms with Crippen LogP contribution in [0.2, 0.25) is 0 Å². The molecule has 1 N–H and O–H groups in total. The highest BCUT2D eigenvalue weighted by atomic mass is 15.2. The van der Waals surface area contributed by atoms with Gasteiger partial charge in [-0.05, 0) is 26.0 Å². The Morgan fingerprint density at radius 2 is 1.65 bits per heavy atom. The second-order valence-corrected chi connectivity index (χ2v) is 5.76. The smallest absolute Gasteiger partial charge is 0.163 e. The molecule has 2 aromatic carbocycles. The quantitative estimate of drug-likeness (QED) is 0.708. The van der Waals surface area contributed by atoms with Gasteiger partial charge < -0.3 is 10.2 Å². The fourth-order valence-corrected chi connectivity index (χ4v) is 2.75. The Morgan fingerprint density at radius 3 is 2.35 bits per heavy atom. The number of benzene rings is 2. The molecule has 1 heterocycles. The fraction of sp³-hybridized carbons (Fsp3) is 0.190. The van der Waals surface area contributed by atoms with Crippen LogP contribution in [0, 0.1) is 11.3 Å². The molecule has 1 aromatic heterocycles. The summed E-state index contributed by atoms with van der Waals surface area (Å²) in [5, 5.41) is 12.6. The van der Waals surface area contributed by atoms with Gasteiger partial charge in [-0.25, -0.2) is 9.97 Å². The lowest BCUT2D eigenvalue weighted by Gasteiger charge is -2.21. The van der Waals surface area contributed by atoms with Crippen LogP contribution < -0.4 is 10.2 Å². The summed E-state index contributed by atoms with van der Waals surface area (Å²) in [5.41, 5.74) is 2.27. The van der Waals surface area contributed by atoms with Crippen molar-refractivity contribution < 1.29 is 0 Å². The molecule has 3 aromatic rings. The molecule has 3 rings (SSSR count). The Bertz CT molecular complexity index is 911. The number of nitrogens with one attached hydrogen (secondary N) is 1. The molecule has 0 aliphatic rings. The van der Waals surface area contributed by atoms with Gasteiger partial charge in [0.15, 0.2) is 5.82 Å². The van der Waals surface area contributed by atoms with Crippen molar-refractivity contribution in [2.45, 2.75) is 13.8 Å². The van der Waals surface area contributed by atoms with Crippen molar-refractivity contribution in [2.24, 2.45) is 0 Å². The largest absolute Gasteiger partial charge is 0.357 e. The van der Waals surface area contributed by atoms with Gasteiger partial charge in [-0.15, -0.1) is 0 Å². The Kier molecular flexibility index (Phi) is 5.45. The second kappa shape index (κ2) is 8.13. The normalized spacial score (nSPS) is 10.2. The van der Waals surface area contributed by atoms with Crippen LogP contribution in [0.1, 0.15) is 19.4 Å². The first-order chi connectivity index (χ1) is 12.7. The first-order valence-electron chi connectivity index (χ1n) is 8.70. The summed E-state index contributed by atoms with van der Waals surface area (Å²) in [6.07, 6.45) is 0. The average molecular weight is 343 g/mol. The number of hydrogen-bond acceptors (Lipinski definition) is 5. The molecule has 0 amide bonds. The van der Waals surface area contributed by atoms with Gasteiger partial charge in [0.05, 0.1) is 11.3 Å². The molecule has 5 nitrogen and oxygen atoms in total. The highest BCUT2D eigenvalue weighted by Gasteiger charge is 2.12. The predicted octanol–water partition coefficient (Wildman–Crippen LogP) is 4.61. The number of nitriles is 1. The van der Waals surface area contributed by atoms with Gasteiger partial charge in [0, 0.05) is 24.7 Å². The molecule has 0 aliphatic carbocycles. The van der Waals surface area contributed by atoms with E-state index in [0.29, 0.717) is 17.2 Å². The van der Waals surface area contributed by atoms with E-state index < -0.39 is 0 Å². The van der Waals surface area contributed by atoms with Gasteiger partial charge in [0.1, 0.15) is 17.7 Å². The molecule has 26 heavy (non-hydrogen) atoms. The molecule has 0 radical (unpaired) electrons. The van der Waals surface area contributed by atoms with Gasteiger partial charge in [-0.2, -0.15) is 5.26 Å². The summed E-state index contributed by atoms with van der Waals surface area (Å²) in [5.74, 6) is 2.19. The van der Waals surface area contributed by atoms with Crippen LogP contribution in [0.4, 0.5) is 17.3 Å². The van der Waals surface area contributed by atoms with Crippen molar-refractivity contribution in [2.75, 3.05) is 23.3 Å². The fourth-order valence-electron chi connectivity index (χ4n) is 2.75. The maximum atomic E-state index is 9.32. The van der Waals surface area contributed by atoms with E-state index in [2.05, 4.69) is 35.1 Å². The summed E-state index contributed by atoms with van der Waals surface area (Å²) in [4.78, 5) is 11.6. The molecule has 5 heteroatoms. The monoisotopic (exact) mass is 343 g/mol. The molecule has 0 saturated heterocycles. The Balaban J connectivity index is 2.06. The van der Waals surface area contributed by atoms with E-state index in [-0.39, 0.29) is 0 Å². The highest BCUT2D eigenvalue weighted by molar-refractivity contribution is 5.68. The van der Waals surface area contributed by atoms with E-state index in [0.717, 1.165) is 30.2 Å². The maximum Gasteiger partial charge on any atom is 0.163 e. The van der Waals surface area contributed by atoms with Gasteiger partial charge in [0.2, 0.25) is 0 Å². The van der Waals surface area contributed by atoms with Crippen LogP contribution in [0.3, 0.4) is 0 Å². The molecule has 0 atom stereocenters. The molecule has 0 spiro atoms. The third kappa shape index (κ3) is 3.81. The van der Waals surface area contributed by atoms with E-state index in [1.165, 1.54) is 0 Å². The number of aromatic nitrogens is 2. The first kappa shape index (κ1) is 17.4. The number of nitrogens with zero attached hydrogens (tertiary/aromatic N) is 4. The first-order valence-corrected chi connectivity index (χ1v) is 8.70. The van der Waals surface area contributed by atoms with E-state index in [1.54, 1.807) is 6.07 Å². The molecule has 0 fully saturated rings. The molecular formula is C21H21N5. The van der Waals surface area contributed by atoms with Crippen LogP contribution in [0.25, 0.3) is 11.4 Å². The zero-order chi connectivity index (χ0) is 18.4. The molecule has 0 bridgehead atoms. The minimum Gasteiger partial charge on any atom is -0.357 e. The third-order valence-electron chi connectivity index (χ3n) is 4.14. The van der Waals surface area contributed by atoms with Crippen molar-refractivity contribution >= 4 is 17.3 Å². The Morgan fingerprint density at radius 1 is 0.962 bits per heavy atom. The third-order valence-corrected chi connectivity index (χ3v) is 4.14. The number of hydrogen-bond donors (Lipinski definition) is 1. The van der Waals surface area contributed by atoms with Crippen molar-refractivity contribution in [3.05, 3.63) is 66.2 Å². The maximum absolute atomic E-state index is 9.32. The summed E-state index contributed by atoms with van der Waals surface area (Å²) in [6.45, 7) is 5.92. The molecule has 0 aliphatic heterocycles. The zero-order valence-corrected chi connectivity index (χ0v) is 15.0. The lowest BCUT2D eigenvalue weighted by molar-refractivity contribution is 0.843. The SMILES string of the molecule is CCN(CC)c1cc(Nc2ccccc2C#N)nc(-c2ccccc2)n1. The van der Waals surface area contributed by atoms with Crippen LogP contribution in [-0.4, -0.2) is 23.1 Å². The second-order valence-electron chi connectivity index (χ2n) is 5.76. The van der Waals surface area contributed by atoms with Crippen LogP contribution in [-0.2, 0) is 0 Å². The molecular weight excluding hydrogens is 322 g/mol. The van der Waals surface area contributed by atoms with Crippen molar-refractivity contribution in [1.82, 2.24) is 9.97 Å². The molecule has 130 valence electrons. The lowest BCUT2D eigenvalue weighted by Crippen LogP contribution is -2.23. The zero-order valence-electron chi connectivity index (χ0n) is 15.0. The average Bonchev–Trinajstić information content (AvgIpc) is 2.70. The lowest BCUT2D eigenvalue weighted by atomic mass is 10.2. The van der Waals surface area contributed by atoms with Crippen LogP contribution in [0.5, 0.6) is 0 Å². The van der Waals surface area contributed by atoms with Crippen LogP contribution >= 0.6 is 0 Å². The Labute approximate surface area is 154 Å². The van der Waals surface area contributed by atoms with Crippen LogP contribution in [0.15, 0.2) is 60.7 Å². The topological polar surface area (TPSA) is 64.8 Å². The number of para-hydroxylation sites is 1. The standard InChI is InChI=1S/C21H21N5/c1-3-26(4-2)20-14-19(23-18-13-9-8-12-17(18)15-22)24-21(25-20)16-10-6-5-7-11-16/h5-14H,3-4H2,1-2H3,(H,23,24,25). The Hall–Kier alpha value is -3.39. The van der Waals surface area contributed by atoms with Crippen molar-refractivity contribution in [3.8, 4) is 17.5 Å². The molecule has 0 unspecified atom stereocenters.